The van der Waals surface area contributed by atoms with Gasteiger partial charge in [-0.3, -0.25) is 10.1 Å². The first-order valence-corrected chi connectivity index (χ1v) is 8.84. The number of nitrogens with one attached hydrogen (secondary N) is 1. The van der Waals surface area contributed by atoms with E-state index < -0.39 is 0 Å². The summed E-state index contributed by atoms with van der Waals surface area (Å²) in [6, 6.07) is 0.445. The molecule has 0 spiro atoms. The molecule has 3 unspecified atom stereocenters. The van der Waals surface area contributed by atoms with Gasteiger partial charge in [-0.05, 0) is 51.1 Å². The number of amides is 1. The topological polar surface area (TPSA) is 35.6 Å². The number of likely N-dealkylation sites (tertiary alicyclic amines) is 1. The molecule has 0 aromatic heterocycles. The molecule has 3 fully saturated rings. The number of rotatable bonds is 3. The van der Waals surface area contributed by atoms with Crippen LogP contribution in [0.1, 0.15) is 52.4 Å². The highest BCUT2D eigenvalue weighted by Gasteiger charge is 2.47. The molecule has 2 heterocycles. The van der Waals surface area contributed by atoms with E-state index in [0.29, 0.717) is 30.0 Å². The average Bonchev–Trinajstić information content (AvgIpc) is 3.05. The second-order valence-corrected chi connectivity index (χ2v) is 7.68. The zero-order chi connectivity index (χ0) is 15.0. The third-order valence-corrected chi connectivity index (χ3v) is 5.68. The van der Waals surface area contributed by atoms with E-state index in [1.807, 2.05) is 0 Å². The Labute approximate surface area is 129 Å². The molecular formula is C17H31N3O. The maximum atomic E-state index is 13.0. The summed E-state index contributed by atoms with van der Waals surface area (Å²) in [6.45, 7) is 6.55. The van der Waals surface area contributed by atoms with Crippen LogP contribution in [-0.2, 0) is 4.79 Å². The highest BCUT2D eigenvalue weighted by Crippen LogP contribution is 2.35. The fourth-order valence-corrected chi connectivity index (χ4v) is 4.52. The Hall–Kier alpha value is -0.610. The minimum absolute atomic E-state index is 0.0304. The molecular weight excluding hydrogens is 262 g/mol. The number of carbonyl (C=O) groups is 1. The van der Waals surface area contributed by atoms with Crippen molar-refractivity contribution in [3.63, 3.8) is 0 Å². The van der Waals surface area contributed by atoms with Gasteiger partial charge in [-0.2, -0.15) is 0 Å². The molecule has 4 heteroatoms. The largest absolute Gasteiger partial charge is 0.321 e. The van der Waals surface area contributed by atoms with Crippen LogP contribution in [0.25, 0.3) is 0 Å². The van der Waals surface area contributed by atoms with Crippen molar-refractivity contribution in [2.24, 2.45) is 11.8 Å². The van der Waals surface area contributed by atoms with E-state index in [-0.39, 0.29) is 6.04 Å². The Kier molecular flexibility index (Phi) is 4.55. The fourth-order valence-electron chi connectivity index (χ4n) is 4.52. The summed E-state index contributed by atoms with van der Waals surface area (Å²) >= 11 is 0. The summed E-state index contributed by atoms with van der Waals surface area (Å²) in [5, 5.41) is 3.70. The number of nitrogens with zero attached hydrogens (tertiary/aromatic N) is 2. The van der Waals surface area contributed by atoms with Crippen molar-refractivity contribution in [2.75, 3.05) is 20.1 Å². The Bertz CT molecular complexity index is 378. The van der Waals surface area contributed by atoms with Crippen molar-refractivity contribution in [3.8, 4) is 0 Å². The van der Waals surface area contributed by atoms with Crippen LogP contribution in [0.5, 0.6) is 0 Å². The van der Waals surface area contributed by atoms with Gasteiger partial charge in [0.25, 0.3) is 0 Å². The summed E-state index contributed by atoms with van der Waals surface area (Å²) in [4.78, 5) is 17.6. The van der Waals surface area contributed by atoms with Gasteiger partial charge in [-0.25, -0.2) is 0 Å². The van der Waals surface area contributed by atoms with Crippen LogP contribution >= 0.6 is 0 Å². The standard InChI is InChI=1S/C17H31N3O/c1-12(2)15-17(21)20(14-9-6-10-19(3)11-14)16(18-15)13-7-4-5-8-13/h12-16,18H,4-11H2,1-3H3. The molecule has 1 amide bonds. The molecule has 0 aromatic carbocycles. The zero-order valence-corrected chi connectivity index (χ0v) is 13.8. The van der Waals surface area contributed by atoms with E-state index in [2.05, 4.69) is 36.0 Å². The van der Waals surface area contributed by atoms with Crippen molar-refractivity contribution < 1.29 is 4.79 Å². The zero-order valence-electron chi connectivity index (χ0n) is 13.8. The van der Waals surface area contributed by atoms with Gasteiger partial charge in [-0.1, -0.05) is 26.7 Å². The lowest BCUT2D eigenvalue weighted by Crippen LogP contribution is -2.53. The molecule has 1 N–H and O–H groups in total. The molecule has 0 aromatic rings. The number of carbonyl (C=O) groups excluding carboxylic acids is 1. The normalized spacial score (nSPS) is 36.1. The van der Waals surface area contributed by atoms with E-state index in [1.165, 1.54) is 45.1 Å². The Morgan fingerprint density at radius 2 is 1.86 bits per heavy atom. The Morgan fingerprint density at radius 1 is 1.14 bits per heavy atom. The number of likely N-dealkylation sites (N-methyl/N-ethyl adjacent to an activating group) is 1. The lowest BCUT2D eigenvalue weighted by Gasteiger charge is -2.40. The lowest BCUT2D eigenvalue weighted by atomic mass is 9.99. The summed E-state index contributed by atoms with van der Waals surface area (Å²) in [7, 11) is 2.19. The van der Waals surface area contributed by atoms with Crippen LogP contribution in [0.2, 0.25) is 0 Å². The predicted molar refractivity (Wildman–Crippen MR) is 84.9 cm³/mol. The number of hydrogen-bond donors (Lipinski definition) is 1. The molecule has 2 saturated heterocycles. The Morgan fingerprint density at radius 3 is 2.48 bits per heavy atom. The smallest absolute Gasteiger partial charge is 0.241 e. The van der Waals surface area contributed by atoms with Gasteiger partial charge in [-0.15, -0.1) is 0 Å². The number of piperidine rings is 1. The van der Waals surface area contributed by atoms with Gasteiger partial charge >= 0.3 is 0 Å². The highest BCUT2D eigenvalue weighted by molar-refractivity contribution is 5.85. The molecule has 1 saturated carbocycles. The van der Waals surface area contributed by atoms with Crippen LogP contribution in [0.3, 0.4) is 0 Å². The predicted octanol–water partition coefficient (Wildman–Crippen LogP) is 2.05. The molecule has 1 aliphatic carbocycles. The first kappa shape index (κ1) is 15.3. The third kappa shape index (κ3) is 2.98. The van der Waals surface area contributed by atoms with Crippen molar-refractivity contribution in [3.05, 3.63) is 0 Å². The summed E-state index contributed by atoms with van der Waals surface area (Å²) in [6.07, 6.45) is 7.93. The SMILES string of the molecule is CC(C)C1NC(C2CCCC2)N(C2CCCN(C)C2)C1=O. The fraction of sp³-hybridized carbons (Fsp3) is 0.941. The van der Waals surface area contributed by atoms with Gasteiger partial charge in [0.15, 0.2) is 0 Å². The lowest BCUT2D eigenvalue weighted by molar-refractivity contribution is -0.134. The molecule has 0 bridgehead atoms. The summed E-state index contributed by atoms with van der Waals surface area (Å²) < 4.78 is 0. The first-order chi connectivity index (χ1) is 10.1. The summed E-state index contributed by atoms with van der Waals surface area (Å²) in [5.74, 6) is 1.42. The minimum atomic E-state index is 0.0304. The van der Waals surface area contributed by atoms with Crippen LogP contribution in [-0.4, -0.2) is 54.1 Å². The molecule has 21 heavy (non-hydrogen) atoms. The van der Waals surface area contributed by atoms with Crippen LogP contribution in [0, 0.1) is 11.8 Å². The molecule has 120 valence electrons. The second-order valence-electron chi connectivity index (χ2n) is 7.68. The average molecular weight is 293 g/mol. The highest BCUT2D eigenvalue weighted by atomic mass is 16.2. The van der Waals surface area contributed by atoms with Gasteiger partial charge in [0, 0.05) is 12.6 Å². The molecule has 3 aliphatic rings. The van der Waals surface area contributed by atoms with Gasteiger partial charge in [0.1, 0.15) is 0 Å². The number of hydrogen-bond acceptors (Lipinski definition) is 3. The van der Waals surface area contributed by atoms with Crippen molar-refractivity contribution in [1.29, 1.82) is 0 Å². The van der Waals surface area contributed by atoms with Crippen molar-refractivity contribution in [2.45, 2.75) is 70.6 Å². The van der Waals surface area contributed by atoms with Crippen LogP contribution < -0.4 is 5.32 Å². The monoisotopic (exact) mass is 293 g/mol. The van der Waals surface area contributed by atoms with E-state index in [9.17, 15) is 4.79 Å². The second kappa shape index (κ2) is 6.25. The van der Waals surface area contributed by atoms with Crippen LogP contribution in [0.4, 0.5) is 0 Å². The van der Waals surface area contributed by atoms with Gasteiger partial charge in [0.2, 0.25) is 5.91 Å². The quantitative estimate of drug-likeness (QED) is 0.865. The van der Waals surface area contributed by atoms with Crippen molar-refractivity contribution in [1.82, 2.24) is 15.1 Å². The van der Waals surface area contributed by atoms with E-state index in [1.54, 1.807) is 0 Å². The molecule has 4 nitrogen and oxygen atoms in total. The molecule has 3 atom stereocenters. The Balaban J connectivity index is 1.80. The first-order valence-electron chi connectivity index (χ1n) is 8.84. The van der Waals surface area contributed by atoms with Crippen LogP contribution in [0.15, 0.2) is 0 Å². The van der Waals surface area contributed by atoms with E-state index in [0.717, 1.165) is 6.54 Å². The minimum Gasteiger partial charge on any atom is -0.321 e. The van der Waals surface area contributed by atoms with E-state index >= 15 is 0 Å². The van der Waals surface area contributed by atoms with Gasteiger partial charge in [0.05, 0.1) is 12.2 Å². The van der Waals surface area contributed by atoms with Crippen molar-refractivity contribution >= 4 is 5.91 Å². The summed E-state index contributed by atoms with van der Waals surface area (Å²) in [5.41, 5.74) is 0. The van der Waals surface area contributed by atoms with Gasteiger partial charge < -0.3 is 9.80 Å². The molecule has 2 aliphatic heterocycles. The van der Waals surface area contributed by atoms with E-state index in [4.69, 9.17) is 0 Å². The molecule has 0 radical (unpaired) electrons. The maximum absolute atomic E-state index is 13.0. The molecule has 3 rings (SSSR count). The maximum Gasteiger partial charge on any atom is 0.241 e. The third-order valence-electron chi connectivity index (χ3n) is 5.68.